The zero-order chi connectivity index (χ0) is 10.8. The Labute approximate surface area is 103 Å². The third-order valence-corrected chi connectivity index (χ3v) is 3.62. The summed E-state index contributed by atoms with van der Waals surface area (Å²) < 4.78 is 2.57. The molecule has 15 heavy (non-hydrogen) atoms. The van der Waals surface area contributed by atoms with Gasteiger partial charge < -0.3 is 0 Å². The molecular formula is C9H6BrClN2OS. The number of hydrogen-bond donors (Lipinski definition) is 0. The van der Waals surface area contributed by atoms with E-state index >= 15 is 0 Å². The zero-order valence-electron chi connectivity index (χ0n) is 7.48. The molecule has 0 unspecified atom stereocenters. The number of rotatable bonds is 2. The van der Waals surface area contributed by atoms with E-state index in [1.807, 2.05) is 12.1 Å². The van der Waals surface area contributed by atoms with Crippen LogP contribution in [0.5, 0.6) is 0 Å². The van der Waals surface area contributed by atoms with Crippen LogP contribution in [-0.2, 0) is 6.54 Å². The van der Waals surface area contributed by atoms with E-state index in [-0.39, 0.29) is 10.7 Å². The van der Waals surface area contributed by atoms with Crippen molar-refractivity contribution >= 4 is 38.9 Å². The Balaban J connectivity index is 2.28. The van der Waals surface area contributed by atoms with Crippen LogP contribution in [0.1, 0.15) is 4.88 Å². The van der Waals surface area contributed by atoms with Crippen molar-refractivity contribution in [3.05, 3.63) is 48.7 Å². The lowest BCUT2D eigenvalue weighted by molar-refractivity contribution is 0.745. The summed E-state index contributed by atoms with van der Waals surface area (Å²) >= 11 is 10.6. The normalized spacial score (nSPS) is 10.5. The molecule has 6 heteroatoms. The number of halogens is 2. The molecule has 2 aromatic rings. The zero-order valence-corrected chi connectivity index (χ0v) is 10.6. The molecule has 0 radical (unpaired) electrons. The Morgan fingerprint density at radius 1 is 1.53 bits per heavy atom. The van der Waals surface area contributed by atoms with Gasteiger partial charge in [0, 0.05) is 10.9 Å². The van der Waals surface area contributed by atoms with E-state index < -0.39 is 0 Å². The third kappa shape index (κ3) is 2.68. The topological polar surface area (TPSA) is 34.9 Å². The molecule has 0 N–H and O–H groups in total. The minimum absolute atomic E-state index is 0.139. The lowest BCUT2D eigenvalue weighted by atomic mass is 10.4. The first-order chi connectivity index (χ1) is 7.15. The Hall–Kier alpha value is -0.650. The Bertz CT molecular complexity index is 537. The Morgan fingerprint density at radius 3 is 2.93 bits per heavy atom. The van der Waals surface area contributed by atoms with Gasteiger partial charge in [0.05, 0.1) is 16.7 Å². The van der Waals surface area contributed by atoms with Gasteiger partial charge in [0.1, 0.15) is 5.15 Å². The second-order valence-electron chi connectivity index (χ2n) is 2.88. The smallest absolute Gasteiger partial charge is 0.255 e. The lowest BCUT2D eigenvalue weighted by Gasteiger charge is -2.01. The van der Waals surface area contributed by atoms with E-state index in [0.29, 0.717) is 6.54 Å². The van der Waals surface area contributed by atoms with E-state index in [4.69, 9.17) is 11.6 Å². The highest BCUT2D eigenvalue weighted by atomic mass is 79.9. The highest BCUT2D eigenvalue weighted by molar-refractivity contribution is 9.11. The maximum atomic E-state index is 11.5. The Morgan fingerprint density at radius 2 is 2.33 bits per heavy atom. The standard InChI is InChI=1S/C9H6BrClN2OS/c10-7-2-1-6(15-7)4-13-5-12-8(11)3-9(13)14/h1-3,5H,4H2. The van der Waals surface area contributed by atoms with Crippen LogP contribution in [0.15, 0.2) is 33.1 Å². The first kappa shape index (κ1) is 10.9. The molecular weight excluding hydrogens is 300 g/mol. The summed E-state index contributed by atoms with van der Waals surface area (Å²) in [4.78, 5) is 16.4. The average molecular weight is 306 g/mol. The van der Waals surface area contributed by atoms with Gasteiger partial charge in [-0.05, 0) is 28.1 Å². The molecule has 3 nitrogen and oxygen atoms in total. The number of hydrogen-bond acceptors (Lipinski definition) is 3. The van der Waals surface area contributed by atoms with E-state index in [1.54, 1.807) is 11.3 Å². The summed E-state index contributed by atoms with van der Waals surface area (Å²) in [5.41, 5.74) is -0.139. The molecule has 0 saturated heterocycles. The van der Waals surface area contributed by atoms with E-state index in [0.717, 1.165) is 8.66 Å². The predicted molar refractivity (Wildman–Crippen MR) is 64.6 cm³/mol. The fourth-order valence-electron chi connectivity index (χ4n) is 1.13. The van der Waals surface area contributed by atoms with Crippen molar-refractivity contribution in [2.75, 3.05) is 0 Å². The number of nitrogens with zero attached hydrogens (tertiary/aromatic N) is 2. The van der Waals surface area contributed by atoms with Crippen LogP contribution in [0, 0.1) is 0 Å². The van der Waals surface area contributed by atoms with Crippen molar-refractivity contribution in [1.29, 1.82) is 0 Å². The summed E-state index contributed by atoms with van der Waals surface area (Å²) in [5.74, 6) is 0. The summed E-state index contributed by atoms with van der Waals surface area (Å²) in [6.07, 6.45) is 1.46. The van der Waals surface area contributed by atoms with Gasteiger partial charge in [-0.1, -0.05) is 11.6 Å². The van der Waals surface area contributed by atoms with Crippen LogP contribution in [0.2, 0.25) is 5.15 Å². The molecule has 2 heterocycles. The van der Waals surface area contributed by atoms with Gasteiger partial charge in [-0.3, -0.25) is 9.36 Å². The highest BCUT2D eigenvalue weighted by Gasteiger charge is 2.01. The van der Waals surface area contributed by atoms with Crippen LogP contribution in [0.25, 0.3) is 0 Å². The summed E-state index contributed by atoms with van der Waals surface area (Å²) in [6, 6.07) is 5.23. The molecule has 0 aliphatic carbocycles. The molecule has 0 atom stereocenters. The van der Waals surface area contributed by atoms with Crippen LogP contribution in [-0.4, -0.2) is 9.55 Å². The predicted octanol–water partition coefficient (Wildman–Crippen LogP) is 2.77. The number of aromatic nitrogens is 2. The van der Waals surface area contributed by atoms with E-state index in [1.165, 1.54) is 17.0 Å². The van der Waals surface area contributed by atoms with Crippen molar-refractivity contribution in [2.24, 2.45) is 0 Å². The fraction of sp³-hybridized carbons (Fsp3) is 0.111. The first-order valence-electron chi connectivity index (χ1n) is 4.11. The minimum Gasteiger partial charge on any atom is -0.294 e. The monoisotopic (exact) mass is 304 g/mol. The molecule has 78 valence electrons. The second-order valence-corrected chi connectivity index (χ2v) is 5.82. The van der Waals surface area contributed by atoms with Gasteiger partial charge in [-0.15, -0.1) is 11.3 Å². The maximum absolute atomic E-state index is 11.5. The fourth-order valence-corrected chi connectivity index (χ4v) is 2.75. The van der Waals surface area contributed by atoms with Crippen LogP contribution in [0.4, 0.5) is 0 Å². The van der Waals surface area contributed by atoms with Crippen LogP contribution < -0.4 is 5.56 Å². The van der Waals surface area contributed by atoms with Crippen molar-refractivity contribution in [1.82, 2.24) is 9.55 Å². The maximum Gasteiger partial charge on any atom is 0.255 e. The summed E-state index contributed by atoms with van der Waals surface area (Å²) in [5, 5.41) is 0.226. The molecule has 0 spiro atoms. The quantitative estimate of drug-likeness (QED) is 0.800. The first-order valence-corrected chi connectivity index (χ1v) is 6.10. The van der Waals surface area contributed by atoms with Crippen LogP contribution >= 0.6 is 38.9 Å². The molecule has 2 aromatic heterocycles. The lowest BCUT2D eigenvalue weighted by Crippen LogP contribution is -2.19. The van der Waals surface area contributed by atoms with Crippen molar-refractivity contribution in [3.63, 3.8) is 0 Å². The average Bonchev–Trinajstić information content (AvgIpc) is 2.56. The van der Waals surface area contributed by atoms with Gasteiger partial charge in [0.15, 0.2) is 0 Å². The van der Waals surface area contributed by atoms with E-state index in [9.17, 15) is 4.79 Å². The van der Waals surface area contributed by atoms with Crippen molar-refractivity contribution < 1.29 is 0 Å². The molecule has 0 aliphatic heterocycles. The SMILES string of the molecule is O=c1cc(Cl)ncn1Cc1ccc(Br)s1. The molecule has 0 aromatic carbocycles. The van der Waals surface area contributed by atoms with Crippen LogP contribution in [0.3, 0.4) is 0 Å². The summed E-state index contributed by atoms with van der Waals surface area (Å²) in [7, 11) is 0. The van der Waals surface area contributed by atoms with Gasteiger partial charge in [0.2, 0.25) is 0 Å². The Kier molecular flexibility index (Phi) is 3.23. The van der Waals surface area contributed by atoms with Gasteiger partial charge >= 0.3 is 0 Å². The minimum atomic E-state index is -0.139. The molecule has 0 saturated carbocycles. The molecule has 0 aliphatic rings. The van der Waals surface area contributed by atoms with Gasteiger partial charge in [-0.2, -0.15) is 0 Å². The third-order valence-electron chi connectivity index (χ3n) is 1.80. The molecule has 2 rings (SSSR count). The van der Waals surface area contributed by atoms with Gasteiger partial charge in [0.25, 0.3) is 5.56 Å². The van der Waals surface area contributed by atoms with Crippen molar-refractivity contribution in [2.45, 2.75) is 6.54 Å². The van der Waals surface area contributed by atoms with Gasteiger partial charge in [-0.25, -0.2) is 4.98 Å². The van der Waals surface area contributed by atoms with E-state index in [2.05, 4.69) is 20.9 Å². The van der Waals surface area contributed by atoms with Crippen molar-refractivity contribution in [3.8, 4) is 0 Å². The largest absolute Gasteiger partial charge is 0.294 e. The molecule has 0 bridgehead atoms. The second kappa shape index (κ2) is 4.47. The summed E-state index contributed by atoms with van der Waals surface area (Å²) in [6.45, 7) is 0.527. The highest BCUT2D eigenvalue weighted by Crippen LogP contribution is 2.22. The number of thiophene rings is 1. The molecule has 0 fully saturated rings. The molecule has 0 amide bonds.